The second kappa shape index (κ2) is 2.92. The number of thiol groups is 1. The SMILES string of the molecule is Cc1ccc(C(=O)O)c(S)n1. The third-order valence-corrected chi connectivity index (χ3v) is 1.59. The molecule has 1 aromatic rings. The van der Waals surface area contributed by atoms with Gasteiger partial charge in [-0.2, -0.15) is 0 Å². The predicted octanol–water partition coefficient (Wildman–Crippen LogP) is 1.38. The summed E-state index contributed by atoms with van der Waals surface area (Å²) in [6.07, 6.45) is 0. The number of pyridine rings is 1. The molecule has 0 saturated carbocycles. The van der Waals surface area contributed by atoms with Gasteiger partial charge in [-0.3, -0.25) is 0 Å². The first-order valence-electron chi connectivity index (χ1n) is 3.01. The molecule has 1 aromatic heterocycles. The Morgan fingerprint density at radius 2 is 2.27 bits per heavy atom. The molecule has 0 radical (unpaired) electrons. The summed E-state index contributed by atoms with van der Waals surface area (Å²) in [6, 6.07) is 3.14. The molecular weight excluding hydrogens is 162 g/mol. The minimum atomic E-state index is -0.998. The molecule has 58 valence electrons. The molecule has 1 heterocycles. The summed E-state index contributed by atoms with van der Waals surface area (Å²) in [6.45, 7) is 1.78. The van der Waals surface area contributed by atoms with Gasteiger partial charge in [0.25, 0.3) is 0 Å². The molecule has 4 heteroatoms. The summed E-state index contributed by atoms with van der Waals surface area (Å²) in [5.41, 5.74) is 0.902. The van der Waals surface area contributed by atoms with Gasteiger partial charge in [-0.05, 0) is 19.1 Å². The Balaban J connectivity index is 3.20. The van der Waals surface area contributed by atoms with E-state index >= 15 is 0 Å². The zero-order valence-corrected chi connectivity index (χ0v) is 6.80. The summed E-state index contributed by atoms with van der Waals surface area (Å²) >= 11 is 3.92. The number of hydrogen-bond donors (Lipinski definition) is 2. The van der Waals surface area contributed by atoms with Gasteiger partial charge < -0.3 is 5.11 Å². The lowest BCUT2D eigenvalue weighted by Crippen LogP contribution is -1.99. The van der Waals surface area contributed by atoms with E-state index in [1.54, 1.807) is 13.0 Å². The van der Waals surface area contributed by atoms with Crippen LogP contribution in [0.1, 0.15) is 16.1 Å². The summed E-state index contributed by atoms with van der Waals surface area (Å²) in [7, 11) is 0. The Kier molecular flexibility index (Phi) is 2.14. The van der Waals surface area contributed by atoms with Crippen LogP contribution in [-0.2, 0) is 0 Å². The van der Waals surface area contributed by atoms with E-state index < -0.39 is 5.97 Å². The maximum atomic E-state index is 10.4. The van der Waals surface area contributed by atoms with Crippen LogP contribution in [0.4, 0.5) is 0 Å². The molecule has 0 aromatic carbocycles. The molecule has 0 spiro atoms. The van der Waals surface area contributed by atoms with E-state index in [1.807, 2.05) is 0 Å². The Bertz CT molecular complexity index is 298. The number of aromatic carboxylic acids is 1. The Morgan fingerprint density at radius 3 is 2.73 bits per heavy atom. The van der Waals surface area contributed by atoms with Crippen molar-refractivity contribution in [3.05, 3.63) is 23.4 Å². The normalized spacial score (nSPS) is 9.64. The fourth-order valence-corrected chi connectivity index (χ4v) is 1.04. The van der Waals surface area contributed by atoms with E-state index in [9.17, 15) is 4.79 Å². The second-order valence-corrected chi connectivity index (χ2v) is 2.55. The van der Waals surface area contributed by atoms with Gasteiger partial charge in [0, 0.05) is 5.69 Å². The number of nitrogens with zero attached hydrogens (tertiary/aromatic N) is 1. The Labute approximate surface area is 69.5 Å². The van der Waals surface area contributed by atoms with E-state index in [4.69, 9.17) is 5.11 Å². The van der Waals surface area contributed by atoms with Crippen molar-refractivity contribution >= 4 is 18.6 Å². The molecule has 0 amide bonds. The van der Waals surface area contributed by atoms with E-state index in [-0.39, 0.29) is 10.6 Å². The van der Waals surface area contributed by atoms with Crippen LogP contribution in [0.15, 0.2) is 17.2 Å². The van der Waals surface area contributed by atoms with Gasteiger partial charge in [0.15, 0.2) is 0 Å². The van der Waals surface area contributed by atoms with E-state index in [2.05, 4.69) is 17.6 Å². The van der Waals surface area contributed by atoms with Crippen molar-refractivity contribution in [1.29, 1.82) is 0 Å². The van der Waals surface area contributed by atoms with Crippen LogP contribution in [0.25, 0.3) is 0 Å². The largest absolute Gasteiger partial charge is 0.478 e. The smallest absolute Gasteiger partial charge is 0.338 e. The quantitative estimate of drug-likeness (QED) is 0.624. The second-order valence-electron chi connectivity index (χ2n) is 2.13. The number of hydrogen-bond acceptors (Lipinski definition) is 3. The molecule has 0 aliphatic carbocycles. The molecule has 1 N–H and O–H groups in total. The number of carboxylic acids is 1. The van der Waals surface area contributed by atoms with Gasteiger partial charge in [-0.25, -0.2) is 9.78 Å². The Morgan fingerprint density at radius 1 is 1.64 bits per heavy atom. The average Bonchev–Trinajstić information content (AvgIpc) is 1.85. The topological polar surface area (TPSA) is 50.2 Å². The van der Waals surface area contributed by atoms with Crippen LogP contribution >= 0.6 is 12.6 Å². The van der Waals surface area contributed by atoms with Crippen LogP contribution in [-0.4, -0.2) is 16.1 Å². The maximum Gasteiger partial charge on any atom is 0.338 e. The van der Waals surface area contributed by atoms with Crippen LogP contribution in [0.2, 0.25) is 0 Å². The van der Waals surface area contributed by atoms with Gasteiger partial charge in [0.2, 0.25) is 0 Å². The number of aryl methyl sites for hydroxylation is 1. The minimum Gasteiger partial charge on any atom is -0.478 e. The summed E-state index contributed by atoms with van der Waals surface area (Å²) in [4.78, 5) is 14.3. The van der Waals surface area contributed by atoms with E-state index in [0.717, 1.165) is 5.69 Å². The van der Waals surface area contributed by atoms with Crippen molar-refractivity contribution in [1.82, 2.24) is 4.98 Å². The van der Waals surface area contributed by atoms with Crippen molar-refractivity contribution < 1.29 is 9.90 Å². The molecule has 0 atom stereocenters. The number of rotatable bonds is 1. The lowest BCUT2D eigenvalue weighted by atomic mass is 10.2. The van der Waals surface area contributed by atoms with Gasteiger partial charge in [-0.15, -0.1) is 12.6 Å². The first-order chi connectivity index (χ1) is 5.11. The van der Waals surface area contributed by atoms with Gasteiger partial charge in [0.05, 0.1) is 5.56 Å². The van der Waals surface area contributed by atoms with Crippen LogP contribution in [0.5, 0.6) is 0 Å². The highest BCUT2D eigenvalue weighted by molar-refractivity contribution is 7.80. The third kappa shape index (κ3) is 1.71. The highest BCUT2D eigenvalue weighted by Gasteiger charge is 2.07. The highest BCUT2D eigenvalue weighted by Crippen LogP contribution is 2.10. The maximum absolute atomic E-state index is 10.4. The molecule has 0 unspecified atom stereocenters. The van der Waals surface area contributed by atoms with Crippen molar-refractivity contribution in [2.24, 2.45) is 0 Å². The first kappa shape index (κ1) is 8.07. The summed E-state index contributed by atoms with van der Waals surface area (Å²) < 4.78 is 0. The molecule has 3 nitrogen and oxygen atoms in total. The van der Waals surface area contributed by atoms with E-state index in [1.165, 1.54) is 6.07 Å². The van der Waals surface area contributed by atoms with Gasteiger partial charge >= 0.3 is 5.97 Å². The Hall–Kier alpha value is -1.03. The molecule has 0 aliphatic heterocycles. The number of carboxylic acid groups (broad SMARTS) is 1. The zero-order valence-electron chi connectivity index (χ0n) is 5.90. The lowest BCUT2D eigenvalue weighted by Gasteiger charge is -1.98. The van der Waals surface area contributed by atoms with Gasteiger partial charge in [0.1, 0.15) is 5.03 Å². The average molecular weight is 169 g/mol. The van der Waals surface area contributed by atoms with Gasteiger partial charge in [-0.1, -0.05) is 0 Å². The molecule has 0 fully saturated rings. The minimum absolute atomic E-state index is 0.138. The molecule has 11 heavy (non-hydrogen) atoms. The highest BCUT2D eigenvalue weighted by atomic mass is 32.1. The fourth-order valence-electron chi connectivity index (χ4n) is 0.710. The molecule has 0 bridgehead atoms. The predicted molar refractivity (Wildman–Crippen MR) is 43.2 cm³/mol. The van der Waals surface area contributed by atoms with Crippen molar-refractivity contribution in [2.75, 3.05) is 0 Å². The van der Waals surface area contributed by atoms with Crippen LogP contribution in [0, 0.1) is 6.92 Å². The van der Waals surface area contributed by atoms with Crippen molar-refractivity contribution in [2.45, 2.75) is 11.9 Å². The van der Waals surface area contributed by atoms with Crippen molar-refractivity contribution in [3.63, 3.8) is 0 Å². The molecule has 0 aliphatic rings. The van der Waals surface area contributed by atoms with Crippen LogP contribution < -0.4 is 0 Å². The third-order valence-electron chi connectivity index (χ3n) is 1.24. The number of aromatic nitrogens is 1. The monoisotopic (exact) mass is 169 g/mol. The molecular formula is C7H7NO2S. The molecule has 1 rings (SSSR count). The lowest BCUT2D eigenvalue weighted by molar-refractivity contribution is 0.0692. The van der Waals surface area contributed by atoms with Crippen molar-refractivity contribution in [3.8, 4) is 0 Å². The summed E-state index contributed by atoms with van der Waals surface area (Å²) in [5, 5.41) is 8.83. The molecule has 0 saturated heterocycles. The first-order valence-corrected chi connectivity index (χ1v) is 3.46. The number of carbonyl (C=O) groups is 1. The fraction of sp³-hybridized carbons (Fsp3) is 0.143. The standard InChI is InChI=1S/C7H7NO2S/c1-4-2-3-5(7(9)10)6(11)8-4/h2-3H,1H3,(H,8,11)(H,9,10). The van der Waals surface area contributed by atoms with E-state index in [0.29, 0.717) is 0 Å². The van der Waals surface area contributed by atoms with Crippen LogP contribution in [0.3, 0.4) is 0 Å². The zero-order chi connectivity index (χ0) is 8.43. The summed E-state index contributed by atoms with van der Waals surface area (Å²) in [5.74, 6) is -0.998.